The maximum Gasteiger partial charge on any atom is 0.151 e. The Morgan fingerprint density at radius 3 is 2.57 bits per heavy atom. The monoisotopic (exact) mass is 258 g/mol. The van der Waals surface area contributed by atoms with Gasteiger partial charge in [0.2, 0.25) is 0 Å². The molecule has 1 aromatic heterocycles. The summed E-state index contributed by atoms with van der Waals surface area (Å²) in [7, 11) is 0. The average Bonchev–Trinajstić information content (AvgIpc) is 2.52. The molecular formula is C9H5BrF2N2. The largest absolute Gasteiger partial charge is 0.224 e. The molecule has 1 aromatic carbocycles. The third-order valence-electron chi connectivity index (χ3n) is 1.73. The van der Waals surface area contributed by atoms with E-state index in [9.17, 15) is 8.78 Å². The Hall–Kier alpha value is -1.23. The van der Waals surface area contributed by atoms with Gasteiger partial charge >= 0.3 is 0 Å². The highest BCUT2D eigenvalue weighted by Crippen LogP contribution is 2.18. The van der Waals surface area contributed by atoms with Gasteiger partial charge < -0.3 is 0 Å². The van der Waals surface area contributed by atoms with Crippen molar-refractivity contribution in [3.05, 3.63) is 46.7 Å². The lowest BCUT2D eigenvalue weighted by Crippen LogP contribution is -2.00. The van der Waals surface area contributed by atoms with Crippen molar-refractivity contribution >= 4 is 15.9 Å². The molecule has 0 saturated carbocycles. The predicted octanol–water partition coefficient (Wildman–Crippen LogP) is 2.91. The van der Waals surface area contributed by atoms with E-state index in [1.807, 2.05) is 0 Å². The molecule has 0 spiro atoms. The van der Waals surface area contributed by atoms with E-state index in [2.05, 4.69) is 21.0 Å². The molecule has 1 heterocycles. The summed E-state index contributed by atoms with van der Waals surface area (Å²) < 4.78 is 27.8. The molecule has 0 radical (unpaired) electrons. The highest BCUT2D eigenvalue weighted by Gasteiger charge is 2.08. The predicted molar refractivity (Wildman–Crippen MR) is 51.2 cm³/mol. The summed E-state index contributed by atoms with van der Waals surface area (Å²) in [5, 5.41) is 3.88. The Bertz CT molecular complexity index is 468. The van der Waals surface area contributed by atoms with Crippen molar-refractivity contribution < 1.29 is 8.78 Å². The number of halogens is 3. The molecule has 72 valence electrons. The summed E-state index contributed by atoms with van der Waals surface area (Å²) in [6.07, 6.45) is 1.52. The van der Waals surface area contributed by atoms with Gasteiger partial charge in [-0.2, -0.15) is 5.10 Å². The first kappa shape index (κ1) is 9.33. The molecule has 0 aliphatic carbocycles. The molecule has 0 aliphatic heterocycles. The van der Waals surface area contributed by atoms with E-state index in [0.717, 1.165) is 6.07 Å². The number of hydrogen-bond donors (Lipinski definition) is 0. The molecule has 0 atom stereocenters. The highest BCUT2D eigenvalue weighted by molar-refractivity contribution is 9.10. The van der Waals surface area contributed by atoms with Crippen molar-refractivity contribution in [3.63, 3.8) is 0 Å². The first-order valence-electron chi connectivity index (χ1n) is 3.83. The van der Waals surface area contributed by atoms with E-state index in [-0.39, 0.29) is 5.69 Å². The van der Waals surface area contributed by atoms with E-state index < -0.39 is 11.6 Å². The van der Waals surface area contributed by atoms with Crippen LogP contribution >= 0.6 is 15.9 Å². The van der Waals surface area contributed by atoms with Crippen LogP contribution in [0.2, 0.25) is 0 Å². The van der Waals surface area contributed by atoms with E-state index >= 15 is 0 Å². The van der Waals surface area contributed by atoms with Gasteiger partial charge in [-0.25, -0.2) is 13.5 Å². The quantitative estimate of drug-likeness (QED) is 0.769. The summed E-state index contributed by atoms with van der Waals surface area (Å²) in [5.74, 6) is -1.25. The molecule has 0 fully saturated rings. The molecule has 5 heteroatoms. The van der Waals surface area contributed by atoms with Crippen LogP contribution in [0.3, 0.4) is 0 Å². The zero-order valence-electron chi connectivity index (χ0n) is 6.92. The molecule has 0 aliphatic rings. The van der Waals surface area contributed by atoms with Crippen LogP contribution in [0.15, 0.2) is 35.1 Å². The van der Waals surface area contributed by atoms with Crippen molar-refractivity contribution in [2.45, 2.75) is 0 Å². The standard InChI is InChI=1S/C9H5BrF2N2/c10-9-3-4-13-14(9)8-2-1-6(11)5-7(8)12/h1-5H. The molecule has 0 saturated heterocycles. The van der Waals surface area contributed by atoms with Crippen LogP contribution in [0, 0.1) is 11.6 Å². The molecule has 2 nitrogen and oxygen atoms in total. The number of aromatic nitrogens is 2. The van der Waals surface area contributed by atoms with Gasteiger partial charge in [0.25, 0.3) is 0 Å². The van der Waals surface area contributed by atoms with Crippen LogP contribution in [0.1, 0.15) is 0 Å². The van der Waals surface area contributed by atoms with Crippen LogP contribution in [-0.2, 0) is 0 Å². The van der Waals surface area contributed by atoms with Crippen molar-refractivity contribution in [1.29, 1.82) is 0 Å². The minimum absolute atomic E-state index is 0.211. The van der Waals surface area contributed by atoms with Gasteiger partial charge in [0.1, 0.15) is 16.1 Å². The fraction of sp³-hybridized carbons (Fsp3) is 0. The van der Waals surface area contributed by atoms with Crippen LogP contribution < -0.4 is 0 Å². The molecule has 0 N–H and O–H groups in total. The normalized spacial score (nSPS) is 10.5. The topological polar surface area (TPSA) is 17.8 Å². The Labute approximate surface area is 87.3 Å². The van der Waals surface area contributed by atoms with Gasteiger partial charge in [-0.15, -0.1) is 0 Å². The van der Waals surface area contributed by atoms with Crippen LogP contribution in [0.4, 0.5) is 8.78 Å². The van der Waals surface area contributed by atoms with Crippen LogP contribution in [0.25, 0.3) is 5.69 Å². The lowest BCUT2D eigenvalue weighted by molar-refractivity contribution is 0.573. The lowest BCUT2D eigenvalue weighted by atomic mass is 10.3. The van der Waals surface area contributed by atoms with Gasteiger partial charge in [0.05, 0.1) is 6.20 Å². The molecule has 14 heavy (non-hydrogen) atoms. The zero-order chi connectivity index (χ0) is 10.1. The Kier molecular flexibility index (Phi) is 2.33. The maximum absolute atomic E-state index is 13.3. The fourth-order valence-electron chi connectivity index (χ4n) is 1.12. The zero-order valence-corrected chi connectivity index (χ0v) is 8.50. The van der Waals surface area contributed by atoms with E-state index in [0.29, 0.717) is 4.60 Å². The van der Waals surface area contributed by atoms with Crippen LogP contribution in [-0.4, -0.2) is 9.78 Å². The smallest absolute Gasteiger partial charge is 0.151 e. The minimum atomic E-state index is -0.644. The first-order valence-corrected chi connectivity index (χ1v) is 4.63. The second-order valence-electron chi connectivity index (χ2n) is 2.66. The van der Waals surface area contributed by atoms with E-state index in [1.165, 1.54) is 23.0 Å². The summed E-state index contributed by atoms with van der Waals surface area (Å²) in [5.41, 5.74) is 0.211. The van der Waals surface area contributed by atoms with Gasteiger partial charge in [-0.05, 0) is 34.1 Å². The molecule has 0 bridgehead atoms. The van der Waals surface area contributed by atoms with Crippen molar-refractivity contribution in [2.75, 3.05) is 0 Å². The molecule has 2 rings (SSSR count). The molecule has 0 amide bonds. The van der Waals surface area contributed by atoms with Gasteiger partial charge in [-0.3, -0.25) is 0 Å². The molecular weight excluding hydrogens is 254 g/mol. The second kappa shape index (κ2) is 3.49. The third kappa shape index (κ3) is 1.55. The first-order chi connectivity index (χ1) is 6.68. The van der Waals surface area contributed by atoms with Crippen LogP contribution in [0.5, 0.6) is 0 Å². The number of nitrogens with zero attached hydrogens (tertiary/aromatic N) is 2. The van der Waals surface area contributed by atoms with Crippen molar-refractivity contribution in [1.82, 2.24) is 9.78 Å². The second-order valence-corrected chi connectivity index (χ2v) is 3.47. The summed E-state index contributed by atoms with van der Waals surface area (Å²) >= 11 is 3.20. The van der Waals surface area contributed by atoms with Gasteiger partial charge in [0.15, 0.2) is 5.82 Å². The maximum atomic E-state index is 13.3. The van der Waals surface area contributed by atoms with E-state index in [4.69, 9.17) is 0 Å². The van der Waals surface area contributed by atoms with Gasteiger partial charge in [-0.1, -0.05) is 0 Å². The number of hydrogen-bond acceptors (Lipinski definition) is 1. The van der Waals surface area contributed by atoms with E-state index in [1.54, 1.807) is 6.07 Å². The SMILES string of the molecule is Fc1ccc(-n2nccc2Br)c(F)c1. The van der Waals surface area contributed by atoms with Gasteiger partial charge in [0, 0.05) is 6.07 Å². The summed E-state index contributed by atoms with van der Waals surface area (Å²) in [6, 6.07) is 5.02. The fourth-order valence-corrected chi connectivity index (χ4v) is 1.52. The Balaban J connectivity index is 2.58. The number of rotatable bonds is 1. The van der Waals surface area contributed by atoms with Crippen molar-refractivity contribution in [3.8, 4) is 5.69 Å². The van der Waals surface area contributed by atoms with Crippen molar-refractivity contribution in [2.24, 2.45) is 0 Å². The summed E-state index contributed by atoms with van der Waals surface area (Å²) in [4.78, 5) is 0. The summed E-state index contributed by atoms with van der Waals surface area (Å²) in [6.45, 7) is 0. The highest BCUT2D eigenvalue weighted by atomic mass is 79.9. The Morgan fingerprint density at radius 2 is 2.00 bits per heavy atom. The number of benzene rings is 1. The molecule has 2 aromatic rings. The molecule has 0 unspecified atom stereocenters. The Morgan fingerprint density at radius 1 is 1.21 bits per heavy atom. The third-order valence-corrected chi connectivity index (χ3v) is 2.33. The lowest BCUT2D eigenvalue weighted by Gasteiger charge is -2.04. The average molecular weight is 259 g/mol. The minimum Gasteiger partial charge on any atom is -0.224 e.